The number of carbonyl (C=O) groups excluding carboxylic acids is 1. The number of nitrogens with one attached hydrogen (secondary N) is 2. The van der Waals surface area contributed by atoms with Crippen molar-refractivity contribution in [1.29, 1.82) is 0 Å². The Bertz CT molecular complexity index is 773. The third kappa shape index (κ3) is 1.61. The second kappa shape index (κ2) is 3.96. The molecule has 1 aromatic carbocycles. The molecular weight excluding hydrogens is 272 g/mol. The van der Waals surface area contributed by atoms with Crippen molar-refractivity contribution in [3.63, 3.8) is 0 Å². The predicted octanol–water partition coefficient (Wildman–Crippen LogP) is 1.44. The van der Waals surface area contributed by atoms with Crippen molar-refractivity contribution in [2.45, 2.75) is 12.0 Å². The van der Waals surface area contributed by atoms with Gasteiger partial charge in [-0.2, -0.15) is 0 Å². The third-order valence-corrected chi connectivity index (χ3v) is 4.95. The number of aromatic nitrogens is 1. The van der Waals surface area contributed by atoms with Gasteiger partial charge >= 0.3 is 0 Å². The van der Waals surface area contributed by atoms with Crippen LogP contribution in [0.4, 0.5) is 5.13 Å². The Hall–Kier alpha value is -2.08. The molecule has 5 nitrogen and oxygen atoms in total. The Morgan fingerprint density at radius 2 is 2.45 bits per heavy atom. The maximum absolute atomic E-state index is 12.1. The van der Waals surface area contributed by atoms with E-state index in [-0.39, 0.29) is 5.91 Å². The monoisotopic (exact) mass is 288 g/mol. The Kier molecular flexibility index (Phi) is 2.11. The van der Waals surface area contributed by atoms with Crippen LogP contribution < -0.4 is 15.5 Å². The molecule has 20 heavy (non-hydrogen) atoms. The van der Waals surface area contributed by atoms with E-state index in [1.807, 2.05) is 6.07 Å². The first kappa shape index (κ1) is 10.7. The fraction of sp³-hybridized carbons (Fsp3) is 0.286. The van der Waals surface area contributed by atoms with Crippen LogP contribution in [0.25, 0.3) is 10.2 Å². The van der Waals surface area contributed by atoms with Crippen molar-refractivity contribution in [3.05, 3.63) is 36.6 Å². The van der Waals surface area contributed by atoms with Crippen LogP contribution in [0.3, 0.4) is 0 Å². The molecule has 6 heteroatoms. The molecule has 0 bridgehead atoms. The first-order valence-electron chi connectivity index (χ1n) is 6.96. The van der Waals surface area contributed by atoms with Crippen LogP contribution in [0.2, 0.25) is 0 Å². The van der Waals surface area contributed by atoms with Crippen LogP contribution in [0.15, 0.2) is 36.6 Å². The van der Waals surface area contributed by atoms with Crippen molar-refractivity contribution < 1.29 is 6.17 Å². The fourth-order valence-electron chi connectivity index (χ4n) is 2.83. The SMILES string of the molecule is [3H]c1ccc2sc(N3CCC4(C3)NC(=C)NC4=O)nc2c1. The van der Waals surface area contributed by atoms with E-state index in [0.717, 1.165) is 28.3 Å². The number of carbonyl (C=O) groups is 1. The molecule has 2 aliphatic rings. The van der Waals surface area contributed by atoms with Crippen LogP contribution in [-0.4, -0.2) is 29.5 Å². The molecule has 0 aliphatic carbocycles. The standard InChI is InChI=1S/C14H14N4OS/c1-9-15-12(19)14(17-9)6-7-18(8-14)13-16-10-4-2-3-5-11(10)20-13/h2-5,17H,1,6-8H2,(H,15,19)/i2T. The molecule has 1 amide bonds. The van der Waals surface area contributed by atoms with Crippen molar-refractivity contribution in [3.8, 4) is 0 Å². The molecule has 3 heterocycles. The number of fused-ring (bicyclic) bond motifs is 1. The zero-order valence-electron chi connectivity index (χ0n) is 11.8. The quantitative estimate of drug-likeness (QED) is 0.833. The molecule has 0 saturated carbocycles. The molecule has 0 radical (unpaired) electrons. The first-order valence-corrected chi connectivity index (χ1v) is 7.28. The lowest BCUT2D eigenvalue weighted by Gasteiger charge is -2.21. The highest BCUT2D eigenvalue weighted by Gasteiger charge is 2.49. The van der Waals surface area contributed by atoms with Gasteiger partial charge in [0.25, 0.3) is 5.91 Å². The van der Waals surface area contributed by atoms with E-state index in [1.54, 1.807) is 23.5 Å². The summed E-state index contributed by atoms with van der Waals surface area (Å²) in [6.07, 6.45) is 0.734. The van der Waals surface area contributed by atoms with Gasteiger partial charge in [0.2, 0.25) is 0 Å². The number of nitrogens with zero attached hydrogens (tertiary/aromatic N) is 2. The number of para-hydroxylation sites is 1. The summed E-state index contributed by atoms with van der Waals surface area (Å²) in [7, 11) is 0. The van der Waals surface area contributed by atoms with Crippen molar-refractivity contribution in [1.82, 2.24) is 15.6 Å². The van der Waals surface area contributed by atoms with Gasteiger partial charge in [-0.25, -0.2) is 4.98 Å². The molecule has 2 fully saturated rings. The molecule has 1 atom stereocenters. The van der Waals surface area contributed by atoms with Crippen LogP contribution in [-0.2, 0) is 4.79 Å². The average molecular weight is 288 g/mol. The van der Waals surface area contributed by atoms with E-state index in [2.05, 4.69) is 27.1 Å². The summed E-state index contributed by atoms with van der Waals surface area (Å²) in [6.45, 7) is 5.14. The van der Waals surface area contributed by atoms with Crippen LogP contribution in [0.5, 0.6) is 0 Å². The van der Waals surface area contributed by atoms with Gasteiger partial charge in [-0.15, -0.1) is 0 Å². The van der Waals surface area contributed by atoms with Crippen LogP contribution >= 0.6 is 11.3 Å². The molecule has 2 aliphatic heterocycles. The topological polar surface area (TPSA) is 57.3 Å². The number of amides is 1. The maximum Gasteiger partial charge on any atom is 0.253 e. The van der Waals surface area contributed by atoms with E-state index < -0.39 is 5.54 Å². The highest BCUT2D eigenvalue weighted by molar-refractivity contribution is 7.22. The zero-order chi connectivity index (χ0) is 14.6. The van der Waals surface area contributed by atoms with E-state index in [0.29, 0.717) is 18.4 Å². The smallest absolute Gasteiger partial charge is 0.253 e. The number of anilines is 1. The summed E-state index contributed by atoms with van der Waals surface area (Å²) in [5.41, 5.74) is 0.270. The number of hydrogen-bond acceptors (Lipinski definition) is 5. The zero-order valence-corrected chi connectivity index (χ0v) is 11.6. The first-order chi connectivity index (χ1) is 10.1. The summed E-state index contributed by atoms with van der Waals surface area (Å²) < 4.78 is 8.72. The van der Waals surface area contributed by atoms with E-state index in [4.69, 9.17) is 1.37 Å². The van der Waals surface area contributed by atoms with Crippen molar-refractivity contribution in [2.24, 2.45) is 0 Å². The highest BCUT2D eigenvalue weighted by atomic mass is 32.1. The fourth-order valence-corrected chi connectivity index (χ4v) is 3.81. The lowest BCUT2D eigenvalue weighted by molar-refractivity contribution is -0.123. The number of hydrogen-bond donors (Lipinski definition) is 2. The molecule has 102 valence electrons. The molecule has 1 unspecified atom stereocenters. The van der Waals surface area contributed by atoms with Gasteiger partial charge in [-0.05, 0) is 18.6 Å². The van der Waals surface area contributed by atoms with E-state index in [9.17, 15) is 4.79 Å². The minimum Gasteiger partial charge on any atom is -0.356 e. The second-order valence-corrected chi connectivity index (χ2v) is 6.21. The number of benzene rings is 1. The van der Waals surface area contributed by atoms with Crippen LogP contribution in [0.1, 0.15) is 7.79 Å². The second-order valence-electron chi connectivity index (χ2n) is 5.20. The molecule has 2 saturated heterocycles. The highest BCUT2D eigenvalue weighted by Crippen LogP contribution is 2.34. The third-order valence-electron chi connectivity index (χ3n) is 3.85. The lowest BCUT2D eigenvalue weighted by Crippen LogP contribution is -2.48. The van der Waals surface area contributed by atoms with Gasteiger partial charge in [0.15, 0.2) is 5.13 Å². The lowest BCUT2D eigenvalue weighted by atomic mass is 10.00. The molecule has 1 aromatic heterocycles. The van der Waals surface area contributed by atoms with Gasteiger partial charge in [0, 0.05) is 6.54 Å². The molecule has 2 aromatic rings. The van der Waals surface area contributed by atoms with Crippen molar-refractivity contribution in [2.75, 3.05) is 18.0 Å². The van der Waals surface area contributed by atoms with E-state index >= 15 is 0 Å². The summed E-state index contributed by atoms with van der Waals surface area (Å²) in [6, 6.07) is 5.92. The van der Waals surface area contributed by atoms with Crippen molar-refractivity contribution >= 4 is 32.6 Å². The van der Waals surface area contributed by atoms with Crippen LogP contribution in [0, 0.1) is 0 Å². The summed E-state index contributed by atoms with van der Waals surface area (Å²) in [5, 5.41) is 6.82. The minimum absolute atomic E-state index is 0.00967. The van der Waals surface area contributed by atoms with Gasteiger partial charge in [-0.3, -0.25) is 4.79 Å². The van der Waals surface area contributed by atoms with Gasteiger partial charge < -0.3 is 15.5 Å². The maximum atomic E-state index is 12.1. The van der Waals surface area contributed by atoms with Gasteiger partial charge in [-0.1, -0.05) is 30.0 Å². The number of thiazole rings is 1. The summed E-state index contributed by atoms with van der Waals surface area (Å²) >= 11 is 1.60. The average Bonchev–Trinajstić information content (AvgIpc) is 3.08. The Labute approximate surface area is 121 Å². The van der Waals surface area contributed by atoms with Gasteiger partial charge in [0.05, 0.1) is 24.0 Å². The van der Waals surface area contributed by atoms with Gasteiger partial charge in [0.1, 0.15) is 5.54 Å². The Balaban J connectivity index is 1.65. The predicted molar refractivity (Wildman–Crippen MR) is 79.6 cm³/mol. The minimum atomic E-state index is -0.574. The molecule has 1 spiro atoms. The Morgan fingerprint density at radius 3 is 3.25 bits per heavy atom. The summed E-state index contributed by atoms with van der Waals surface area (Å²) in [5.74, 6) is 0.564. The number of rotatable bonds is 1. The molecular formula is C14H14N4OS. The largest absolute Gasteiger partial charge is 0.356 e. The summed E-state index contributed by atoms with van der Waals surface area (Å²) in [4.78, 5) is 18.8. The normalized spacial score (nSPS) is 26.2. The Morgan fingerprint density at radius 1 is 1.55 bits per heavy atom. The van der Waals surface area contributed by atoms with E-state index in [1.165, 1.54) is 0 Å². The molecule has 2 N–H and O–H groups in total. The molecule has 4 rings (SSSR count).